The first-order valence-corrected chi connectivity index (χ1v) is 23.1. The number of aromatic nitrogens is 5. The van der Waals surface area contributed by atoms with Gasteiger partial charge >= 0.3 is 36.5 Å². The number of alkyl carbamates (subject to hydrolysis) is 2. The molecule has 19 nitrogen and oxygen atoms in total. The second kappa shape index (κ2) is 22.3. The van der Waals surface area contributed by atoms with Crippen molar-refractivity contribution in [2.24, 2.45) is 5.92 Å². The van der Waals surface area contributed by atoms with Crippen LogP contribution in [0.15, 0.2) is 85.3 Å². The van der Waals surface area contributed by atoms with Gasteiger partial charge in [0, 0.05) is 42.0 Å². The largest absolute Gasteiger partial charge is 0.490 e. The van der Waals surface area contributed by atoms with E-state index in [0.29, 0.717) is 37.5 Å². The van der Waals surface area contributed by atoms with E-state index in [4.69, 9.17) is 39.2 Å². The summed E-state index contributed by atoms with van der Waals surface area (Å²) in [4.78, 5) is 94.3. The monoisotopic (exact) mass is 1050 g/mol. The molecule has 396 valence electrons. The Hall–Kier alpha value is -8.51. The standard InChI is InChI=1S/C46H47N9O6.2C2HF3O2/c1-25(2)39(53-46(59)61-4)44(57)54-18-6-9-37(54)41-48-24-36(51-41)32-15-16-33(47-22-32)29-12-10-28-20-30(13-11-27(28)19-29)35-23-49-42(50-35)38-21-31-8-5-7-26-14-17-34(52-45(58)60-3)43(56)55(38)40(26)31;2*3-2(4,5)1(6)7/h5,7-8,10-13,15-16,19-20,22-25,34,37-39H,6,9,14,17-18,21H2,1-4H3,(H,48,51)(H,49,50)(H,52,58)(H,53,59);2*(H,6,7)/t34-,37-,38-,39-;;/m0../s1. The summed E-state index contributed by atoms with van der Waals surface area (Å²) in [6.45, 7) is 4.37. The maximum atomic E-state index is 14.0. The predicted octanol–water partition coefficient (Wildman–Crippen LogP) is 8.29. The number of rotatable bonds is 9. The number of alkyl halides is 6. The first-order valence-electron chi connectivity index (χ1n) is 23.1. The number of methoxy groups -OCH3 is 2. The van der Waals surface area contributed by atoms with Crippen molar-refractivity contribution in [3.63, 3.8) is 0 Å². The van der Waals surface area contributed by atoms with Crippen molar-refractivity contribution in [2.45, 2.75) is 82.5 Å². The van der Waals surface area contributed by atoms with Crippen LogP contribution in [0.1, 0.15) is 68.0 Å². The molecule has 1 fully saturated rings. The molecule has 3 aromatic heterocycles. The molecule has 75 heavy (non-hydrogen) atoms. The zero-order chi connectivity index (χ0) is 54.5. The summed E-state index contributed by atoms with van der Waals surface area (Å²) in [7, 11) is 2.58. The molecule has 3 aliphatic rings. The van der Waals surface area contributed by atoms with E-state index in [1.54, 1.807) is 16.0 Å². The number of anilines is 1. The van der Waals surface area contributed by atoms with Crippen LogP contribution in [-0.2, 0) is 41.5 Å². The minimum Gasteiger partial charge on any atom is -0.475 e. The number of aromatic amines is 2. The fourth-order valence-corrected chi connectivity index (χ4v) is 8.97. The number of aryl methyl sites for hydroxylation is 1. The van der Waals surface area contributed by atoms with Gasteiger partial charge in [0.05, 0.1) is 55.3 Å². The molecule has 25 heteroatoms. The summed E-state index contributed by atoms with van der Waals surface area (Å²) in [5.41, 5.74) is 8.26. The number of carbonyl (C=O) groups excluding carboxylic acids is 4. The maximum absolute atomic E-state index is 14.0. The number of likely N-dealkylation sites (tertiary alicyclic amines) is 1. The topological polar surface area (TPSA) is 262 Å². The van der Waals surface area contributed by atoms with Crippen LogP contribution >= 0.6 is 0 Å². The van der Waals surface area contributed by atoms with E-state index in [2.05, 4.69) is 62.0 Å². The van der Waals surface area contributed by atoms with Gasteiger partial charge < -0.3 is 45.2 Å². The quantitative estimate of drug-likeness (QED) is 0.0746. The number of carbonyl (C=O) groups is 6. The van der Waals surface area contributed by atoms with Crippen LogP contribution in [-0.4, -0.2) is 121 Å². The number of pyridine rings is 1. The molecule has 3 aliphatic heterocycles. The van der Waals surface area contributed by atoms with Crippen LogP contribution in [0.4, 0.5) is 41.6 Å². The molecule has 3 aromatic carbocycles. The fraction of sp³-hybridized carbons (Fsp3) is 0.340. The normalized spacial score (nSPS) is 17.4. The molecule has 4 atom stereocenters. The summed E-state index contributed by atoms with van der Waals surface area (Å²) < 4.78 is 73.1. The number of imidazole rings is 2. The fourth-order valence-electron chi connectivity index (χ4n) is 8.97. The Kier molecular flexibility index (Phi) is 16.1. The van der Waals surface area contributed by atoms with E-state index in [1.165, 1.54) is 14.2 Å². The number of hydrogen-bond acceptors (Lipinski definition) is 11. The number of amides is 4. The second-order valence-electron chi connectivity index (χ2n) is 17.8. The van der Waals surface area contributed by atoms with Crippen LogP contribution in [0.2, 0.25) is 0 Å². The van der Waals surface area contributed by atoms with Crippen molar-refractivity contribution in [3.8, 4) is 33.8 Å². The number of ether oxygens (including phenoxy) is 2. The highest BCUT2D eigenvalue weighted by molar-refractivity contribution is 6.02. The maximum Gasteiger partial charge on any atom is 0.490 e. The lowest BCUT2D eigenvalue weighted by molar-refractivity contribution is -0.193. The minimum atomic E-state index is -5.08. The molecule has 0 aliphatic carbocycles. The Morgan fingerprint density at radius 3 is 1.96 bits per heavy atom. The first kappa shape index (κ1) is 54.3. The van der Waals surface area contributed by atoms with Crippen LogP contribution in [0, 0.1) is 5.92 Å². The summed E-state index contributed by atoms with van der Waals surface area (Å²) in [6, 6.07) is 20.6. The molecular formula is C50H49F6N9O10. The van der Waals surface area contributed by atoms with E-state index in [9.17, 15) is 45.5 Å². The first-order chi connectivity index (χ1) is 35.5. The van der Waals surface area contributed by atoms with Crippen molar-refractivity contribution >= 4 is 52.4 Å². The van der Waals surface area contributed by atoms with E-state index in [1.807, 2.05) is 56.6 Å². The number of nitrogens with zero attached hydrogens (tertiary/aromatic N) is 5. The summed E-state index contributed by atoms with van der Waals surface area (Å²) >= 11 is 0. The number of halogens is 6. The van der Waals surface area contributed by atoms with Crippen molar-refractivity contribution < 1.29 is 74.8 Å². The Bertz CT molecular complexity index is 3080. The van der Waals surface area contributed by atoms with Gasteiger partial charge in [0.25, 0.3) is 0 Å². The predicted molar refractivity (Wildman–Crippen MR) is 256 cm³/mol. The van der Waals surface area contributed by atoms with Gasteiger partial charge in [-0.2, -0.15) is 26.3 Å². The molecule has 0 saturated carbocycles. The number of carboxylic acids is 2. The van der Waals surface area contributed by atoms with Crippen molar-refractivity contribution in [2.75, 3.05) is 25.7 Å². The lowest BCUT2D eigenvalue weighted by Crippen LogP contribution is -2.51. The van der Waals surface area contributed by atoms with Gasteiger partial charge in [-0.3, -0.25) is 19.5 Å². The lowest BCUT2D eigenvalue weighted by Gasteiger charge is -2.30. The molecule has 6 aromatic rings. The Labute approximate surface area is 422 Å². The van der Waals surface area contributed by atoms with Gasteiger partial charge in [-0.25, -0.2) is 29.1 Å². The van der Waals surface area contributed by atoms with Gasteiger partial charge in [0.1, 0.15) is 23.7 Å². The summed E-state index contributed by atoms with van der Waals surface area (Å²) in [6.07, 6.45) is -2.60. The number of nitrogens with one attached hydrogen (secondary N) is 4. The highest BCUT2D eigenvalue weighted by atomic mass is 19.4. The van der Waals surface area contributed by atoms with Gasteiger partial charge in [-0.1, -0.05) is 56.3 Å². The molecule has 6 N–H and O–H groups in total. The Morgan fingerprint density at radius 1 is 0.760 bits per heavy atom. The molecule has 1 saturated heterocycles. The average molecular weight is 1050 g/mol. The number of carboxylic acid groups (broad SMARTS) is 2. The SMILES string of the molecule is COC(=O)N[C@H]1CCc2cccc3c2N(C1=O)[C@H](c1nc(-c2ccc4cc(-c5ccc(-c6cnc([C@@H]7CCCN7C(=O)[C@@H](NC(=O)OC)C(C)C)[nH]6)cn5)ccc4c2)c[nH]1)C3.O=C(O)C(F)(F)F.O=C(O)C(F)(F)F. The van der Waals surface area contributed by atoms with Crippen LogP contribution < -0.4 is 15.5 Å². The number of aliphatic carboxylic acids is 2. The van der Waals surface area contributed by atoms with Crippen molar-refractivity contribution in [3.05, 3.63) is 108 Å². The molecule has 6 heterocycles. The van der Waals surface area contributed by atoms with Gasteiger partial charge in [0.2, 0.25) is 11.8 Å². The molecule has 0 bridgehead atoms. The van der Waals surface area contributed by atoms with E-state index in [-0.39, 0.29) is 29.8 Å². The molecular weight excluding hydrogens is 1000 g/mol. The third-order valence-corrected chi connectivity index (χ3v) is 12.6. The van der Waals surface area contributed by atoms with Crippen LogP contribution in [0.3, 0.4) is 0 Å². The highest BCUT2D eigenvalue weighted by Gasteiger charge is 2.44. The average Bonchev–Trinajstić information content (AvgIpc) is 4.22. The van der Waals surface area contributed by atoms with Crippen molar-refractivity contribution in [1.82, 2.24) is 40.5 Å². The zero-order valence-corrected chi connectivity index (χ0v) is 40.4. The smallest absolute Gasteiger partial charge is 0.475 e. The number of fused-ring (bicyclic) bond motifs is 1. The second-order valence-corrected chi connectivity index (χ2v) is 17.8. The number of para-hydroxylation sites is 1. The van der Waals surface area contributed by atoms with Crippen molar-refractivity contribution in [1.29, 1.82) is 0 Å². The van der Waals surface area contributed by atoms with Gasteiger partial charge in [-0.05, 0) is 77.8 Å². The summed E-state index contributed by atoms with van der Waals surface area (Å²) in [5.74, 6) is -4.58. The summed E-state index contributed by atoms with van der Waals surface area (Å²) in [5, 5.41) is 21.8. The molecule has 4 amide bonds. The molecule has 9 rings (SSSR count). The van der Waals surface area contributed by atoms with Gasteiger partial charge in [-0.15, -0.1) is 0 Å². The zero-order valence-electron chi connectivity index (χ0n) is 40.4. The lowest BCUT2D eigenvalue weighted by atomic mass is 10.0. The number of benzene rings is 3. The van der Waals surface area contributed by atoms with E-state index >= 15 is 0 Å². The van der Waals surface area contributed by atoms with E-state index < -0.39 is 48.6 Å². The Morgan fingerprint density at radius 2 is 1.37 bits per heavy atom. The Balaban J connectivity index is 0.000000517. The molecule has 0 radical (unpaired) electrons. The third-order valence-electron chi connectivity index (χ3n) is 12.6. The van der Waals surface area contributed by atoms with E-state index in [0.717, 1.165) is 74.2 Å². The highest BCUT2D eigenvalue weighted by Crippen LogP contribution is 2.45. The molecule has 0 spiro atoms. The third kappa shape index (κ3) is 12.3. The number of H-pyrrole nitrogens is 2. The minimum absolute atomic E-state index is 0.115. The molecule has 0 unspecified atom stereocenters. The van der Waals surface area contributed by atoms with Crippen LogP contribution in [0.25, 0.3) is 44.5 Å². The van der Waals surface area contributed by atoms with Crippen LogP contribution in [0.5, 0.6) is 0 Å². The van der Waals surface area contributed by atoms with Gasteiger partial charge in [0.15, 0.2) is 0 Å². The number of hydrogen-bond donors (Lipinski definition) is 6.